The van der Waals surface area contributed by atoms with Crippen LogP contribution in [0.25, 0.3) is 0 Å². The highest BCUT2D eigenvalue weighted by Crippen LogP contribution is 2.17. The van der Waals surface area contributed by atoms with E-state index in [0.717, 1.165) is 18.2 Å². The number of amides is 1. The smallest absolute Gasteiger partial charge is 0.313 e. The summed E-state index contributed by atoms with van der Waals surface area (Å²) in [5, 5.41) is 20.1. The van der Waals surface area contributed by atoms with Crippen LogP contribution in [0.3, 0.4) is 0 Å². The summed E-state index contributed by atoms with van der Waals surface area (Å²) < 4.78 is 1.69. The first-order chi connectivity index (χ1) is 9.73. The monoisotopic (exact) mass is 314 g/mol. The standard InChI is InChI=1S/C13H22N4O3S/c1-5-6-9-15-16-12(21-8-11(19)20)17(9)7-10(18)14-13(2,3)4/h5-8H2,1-4H3,(H,14,18)(H,19,20). The van der Waals surface area contributed by atoms with Crippen molar-refractivity contribution in [2.75, 3.05) is 5.75 Å². The lowest BCUT2D eigenvalue weighted by molar-refractivity contribution is -0.134. The molecule has 118 valence electrons. The van der Waals surface area contributed by atoms with Crippen LogP contribution in [0.4, 0.5) is 0 Å². The molecule has 1 rings (SSSR count). The van der Waals surface area contributed by atoms with Crippen molar-refractivity contribution in [2.45, 2.75) is 57.8 Å². The van der Waals surface area contributed by atoms with Gasteiger partial charge < -0.3 is 10.4 Å². The molecule has 0 atom stereocenters. The van der Waals surface area contributed by atoms with E-state index in [2.05, 4.69) is 15.5 Å². The number of aromatic nitrogens is 3. The quantitative estimate of drug-likeness (QED) is 0.737. The van der Waals surface area contributed by atoms with Crippen LogP contribution in [0.1, 0.15) is 39.9 Å². The molecule has 1 amide bonds. The first kappa shape index (κ1) is 17.5. The molecular formula is C13H22N4O3S. The van der Waals surface area contributed by atoms with Crippen LogP contribution < -0.4 is 5.32 Å². The third-order valence-corrected chi connectivity index (χ3v) is 3.36. The summed E-state index contributed by atoms with van der Waals surface area (Å²) in [6.07, 6.45) is 1.58. The Morgan fingerprint density at radius 3 is 2.52 bits per heavy atom. The molecule has 0 aliphatic carbocycles. The van der Waals surface area contributed by atoms with Gasteiger partial charge in [0.05, 0.1) is 5.75 Å². The largest absolute Gasteiger partial charge is 0.481 e. The number of nitrogens with one attached hydrogen (secondary N) is 1. The normalized spacial score (nSPS) is 11.4. The van der Waals surface area contributed by atoms with Crippen molar-refractivity contribution in [1.29, 1.82) is 0 Å². The molecule has 0 saturated heterocycles. The number of nitrogens with zero attached hydrogens (tertiary/aromatic N) is 3. The Hall–Kier alpha value is -1.57. The van der Waals surface area contributed by atoms with Gasteiger partial charge in [-0.15, -0.1) is 10.2 Å². The molecule has 7 nitrogen and oxygen atoms in total. The first-order valence-corrected chi connectivity index (χ1v) is 7.79. The number of carboxylic acids is 1. The lowest BCUT2D eigenvalue weighted by Crippen LogP contribution is -2.42. The average Bonchev–Trinajstić information content (AvgIpc) is 2.67. The molecule has 0 aliphatic heterocycles. The van der Waals surface area contributed by atoms with Gasteiger partial charge in [-0.25, -0.2) is 0 Å². The fourth-order valence-electron chi connectivity index (χ4n) is 1.72. The molecule has 1 aromatic heterocycles. The highest BCUT2D eigenvalue weighted by atomic mass is 32.2. The van der Waals surface area contributed by atoms with Crippen LogP contribution in [0, 0.1) is 0 Å². The van der Waals surface area contributed by atoms with Gasteiger partial charge in [0.2, 0.25) is 5.91 Å². The van der Waals surface area contributed by atoms with Crippen molar-refractivity contribution in [3.8, 4) is 0 Å². The van der Waals surface area contributed by atoms with Crippen LogP contribution in [0.15, 0.2) is 5.16 Å². The average molecular weight is 314 g/mol. The van der Waals surface area contributed by atoms with Crippen molar-refractivity contribution in [3.05, 3.63) is 5.82 Å². The maximum Gasteiger partial charge on any atom is 0.313 e. The Kier molecular flexibility index (Phi) is 6.19. The minimum absolute atomic E-state index is 0.0988. The second kappa shape index (κ2) is 7.44. The van der Waals surface area contributed by atoms with Crippen molar-refractivity contribution in [2.24, 2.45) is 0 Å². The number of rotatable bonds is 7. The Morgan fingerprint density at radius 1 is 1.33 bits per heavy atom. The van der Waals surface area contributed by atoms with Crippen LogP contribution in [-0.4, -0.2) is 43.0 Å². The summed E-state index contributed by atoms with van der Waals surface area (Å²) in [6.45, 7) is 7.83. The maximum absolute atomic E-state index is 12.1. The molecular weight excluding hydrogens is 292 g/mol. The van der Waals surface area contributed by atoms with Gasteiger partial charge in [0, 0.05) is 12.0 Å². The van der Waals surface area contributed by atoms with Gasteiger partial charge in [-0.3, -0.25) is 14.2 Å². The summed E-state index contributed by atoms with van der Waals surface area (Å²) in [4.78, 5) is 22.7. The van der Waals surface area contributed by atoms with Gasteiger partial charge in [0.1, 0.15) is 12.4 Å². The zero-order valence-corrected chi connectivity index (χ0v) is 13.7. The zero-order valence-electron chi connectivity index (χ0n) is 12.8. The molecule has 0 saturated carbocycles. The van der Waals surface area contributed by atoms with E-state index in [1.54, 1.807) is 4.57 Å². The lowest BCUT2D eigenvalue weighted by atomic mass is 10.1. The van der Waals surface area contributed by atoms with E-state index in [1.165, 1.54) is 0 Å². The fraction of sp³-hybridized carbons (Fsp3) is 0.692. The highest BCUT2D eigenvalue weighted by molar-refractivity contribution is 7.99. The van der Waals surface area contributed by atoms with Crippen molar-refractivity contribution < 1.29 is 14.7 Å². The number of hydrogen-bond donors (Lipinski definition) is 2. The van der Waals surface area contributed by atoms with Gasteiger partial charge >= 0.3 is 5.97 Å². The van der Waals surface area contributed by atoms with Gasteiger partial charge in [-0.05, 0) is 27.2 Å². The molecule has 1 aromatic rings. The molecule has 2 N–H and O–H groups in total. The molecule has 0 unspecified atom stereocenters. The molecule has 0 bridgehead atoms. The molecule has 8 heteroatoms. The Balaban J connectivity index is 2.87. The molecule has 1 heterocycles. The molecule has 0 spiro atoms. The Morgan fingerprint density at radius 2 is 2.00 bits per heavy atom. The summed E-state index contributed by atoms with van der Waals surface area (Å²) in [5.74, 6) is -0.470. The minimum Gasteiger partial charge on any atom is -0.481 e. The SMILES string of the molecule is CCCc1nnc(SCC(=O)O)n1CC(=O)NC(C)(C)C. The molecule has 21 heavy (non-hydrogen) atoms. The lowest BCUT2D eigenvalue weighted by Gasteiger charge is -2.21. The number of thioether (sulfide) groups is 1. The van der Waals surface area contributed by atoms with Crippen LogP contribution in [-0.2, 0) is 22.6 Å². The Bertz CT molecular complexity index is 508. The van der Waals surface area contributed by atoms with Crippen molar-refractivity contribution >= 4 is 23.6 Å². The second-order valence-electron chi connectivity index (χ2n) is 5.72. The van der Waals surface area contributed by atoms with E-state index in [9.17, 15) is 9.59 Å². The van der Waals surface area contributed by atoms with Crippen LogP contribution in [0.2, 0.25) is 0 Å². The summed E-state index contributed by atoms with van der Waals surface area (Å²) in [7, 11) is 0. The summed E-state index contributed by atoms with van der Waals surface area (Å²) in [5.41, 5.74) is -0.315. The third kappa shape index (κ3) is 6.16. The third-order valence-electron chi connectivity index (χ3n) is 2.41. The number of hydrogen-bond acceptors (Lipinski definition) is 5. The highest BCUT2D eigenvalue weighted by Gasteiger charge is 2.19. The zero-order chi connectivity index (χ0) is 16.0. The maximum atomic E-state index is 12.1. The van der Waals surface area contributed by atoms with Crippen LogP contribution in [0.5, 0.6) is 0 Å². The van der Waals surface area contributed by atoms with Crippen molar-refractivity contribution in [3.63, 3.8) is 0 Å². The van der Waals surface area contributed by atoms with Crippen LogP contribution >= 0.6 is 11.8 Å². The molecule has 0 aromatic carbocycles. The molecule has 0 fully saturated rings. The predicted molar refractivity (Wildman–Crippen MR) is 80.3 cm³/mol. The Labute approximate surface area is 128 Å². The first-order valence-electron chi connectivity index (χ1n) is 6.80. The van der Waals surface area contributed by atoms with Crippen molar-refractivity contribution in [1.82, 2.24) is 20.1 Å². The van der Waals surface area contributed by atoms with E-state index in [4.69, 9.17) is 5.11 Å². The van der Waals surface area contributed by atoms with E-state index < -0.39 is 5.97 Å². The predicted octanol–water partition coefficient (Wildman–Crippen LogP) is 1.32. The fourth-order valence-corrected chi connectivity index (χ4v) is 2.40. The van der Waals surface area contributed by atoms with E-state index in [1.807, 2.05) is 27.7 Å². The van der Waals surface area contributed by atoms with E-state index in [0.29, 0.717) is 17.4 Å². The van der Waals surface area contributed by atoms with E-state index >= 15 is 0 Å². The minimum atomic E-state index is -0.925. The second-order valence-corrected chi connectivity index (χ2v) is 6.66. The van der Waals surface area contributed by atoms with Gasteiger partial charge in [0.15, 0.2) is 5.16 Å². The summed E-state index contributed by atoms with van der Waals surface area (Å²) >= 11 is 1.07. The topological polar surface area (TPSA) is 97.1 Å². The summed E-state index contributed by atoms with van der Waals surface area (Å²) in [6, 6.07) is 0. The van der Waals surface area contributed by atoms with Gasteiger partial charge in [0.25, 0.3) is 0 Å². The van der Waals surface area contributed by atoms with E-state index in [-0.39, 0.29) is 23.7 Å². The number of carbonyl (C=O) groups excluding carboxylic acids is 1. The number of carboxylic acid groups (broad SMARTS) is 1. The number of carbonyl (C=O) groups is 2. The molecule has 0 aliphatic rings. The van der Waals surface area contributed by atoms with Gasteiger partial charge in [-0.1, -0.05) is 18.7 Å². The number of aliphatic carboxylic acids is 1. The number of aryl methyl sites for hydroxylation is 1. The van der Waals surface area contributed by atoms with Gasteiger partial charge in [-0.2, -0.15) is 0 Å². The molecule has 0 radical (unpaired) electrons.